The van der Waals surface area contributed by atoms with Gasteiger partial charge in [-0.2, -0.15) is 0 Å². The van der Waals surface area contributed by atoms with Crippen molar-refractivity contribution >= 4 is 27.5 Å². The average molecular weight is 412 g/mol. The van der Waals surface area contributed by atoms with Crippen LogP contribution in [-0.2, 0) is 14.6 Å². The number of benzene rings is 2. The van der Waals surface area contributed by atoms with E-state index < -0.39 is 15.7 Å². The van der Waals surface area contributed by atoms with Gasteiger partial charge in [0.25, 0.3) is 0 Å². The van der Waals surface area contributed by atoms with Crippen molar-refractivity contribution in [3.8, 4) is 5.75 Å². The number of hydrogen-bond donors (Lipinski definition) is 1. The molecule has 0 aliphatic heterocycles. The smallest absolute Gasteiger partial charge is 0.248 e. The normalized spacial score (nSPS) is 11.4. The van der Waals surface area contributed by atoms with E-state index in [9.17, 15) is 17.6 Å². The highest BCUT2D eigenvalue weighted by Gasteiger charge is 2.19. The zero-order valence-corrected chi connectivity index (χ0v) is 16.2. The standard InChI is InChI=1S/C21H17FN2O4S/c1-28-18-11-16(22)12-20(13-18)29(26,27)19-7-5-17(6-8-19)24-21(25)9-4-15-3-2-10-23-14-15/h2-14H,1H3,(H,24,25). The van der Waals surface area contributed by atoms with Gasteiger partial charge in [-0.1, -0.05) is 6.07 Å². The summed E-state index contributed by atoms with van der Waals surface area (Å²) < 4.78 is 44.0. The van der Waals surface area contributed by atoms with Crippen molar-refractivity contribution in [3.63, 3.8) is 0 Å². The number of anilines is 1. The Morgan fingerprint density at radius 2 is 1.86 bits per heavy atom. The second-order valence-electron chi connectivity index (χ2n) is 5.96. The minimum absolute atomic E-state index is 0.0333. The Morgan fingerprint density at radius 3 is 2.52 bits per heavy atom. The molecular formula is C21H17FN2O4S. The quantitative estimate of drug-likeness (QED) is 0.624. The van der Waals surface area contributed by atoms with E-state index in [0.29, 0.717) is 5.69 Å². The molecule has 2 aromatic carbocycles. The second kappa shape index (κ2) is 8.66. The molecule has 1 heterocycles. The van der Waals surface area contributed by atoms with Crippen molar-refractivity contribution in [1.29, 1.82) is 0 Å². The lowest BCUT2D eigenvalue weighted by molar-refractivity contribution is -0.111. The number of nitrogens with zero attached hydrogens (tertiary/aromatic N) is 1. The van der Waals surface area contributed by atoms with Crippen molar-refractivity contribution in [2.75, 3.05) is 12.4 Å². The first-order valence-corrected chi connectivity index (χ1v) is 9.95. The lowest BCUT2D eigenvalue weighted by Gasteiger charge is -2.08. The molecule has 8 heteroatoms. The van der Waals surface area contributed by atoms with Crippen LogP contribution in [0.3, 0.4) is 0 Å². The van der Waals surface area contributed by atoms with E-state index in [4.69, 9.17) is 4.74 Å². The Balaban J connectivity index is 1.75. The van der Waals surface area contributed by atoms with Crippen LogP contribution < -0.4 is 10.1 Å². The van der Waals surface area contributed by atoms with Gasteiger partial charge in [-0.3, -0.25) is 9.78 Å². The topological polar surface area (TPSA) is 85.4 Å². The fraction of sp³-hybridized carbons (Fsp3) is 0.0476. The molecule has 148 valence electrons. The number of carbonyl (C=O) groups is 1. The fourth-order valence-corrected chi connectivity index (χ4v) is 3.80. The third kappa shape index (κ3) is 5.05. The van der Waals surface area contributed by atoms with Crippen molar-refractivity contribution < 1.29 is 22.3 Å². The van der Waals surface area contributed by atoms with Gasteiger partial charge in [-0.15, -0.1) is 0 Å². The third-order valence-corrected chi connectivity index (χ3v) is 5.68. The summed E-state index contributed by atoms with van der Waals surface area (Å²) in [5, 5.41) is 2.64. The molecule has 0 unspecified atom stereocenters. The third-order valence-electron chi connectivity index (χ3n) is 3.93. The number of hydrogen-bond acceptors (Lipinski definition) is 5. The number of halogens is 1. The van der Waals surface area contributed by atoms with Gasteiger partial charge in [0.1, 0.15) is 11.6 Å². The molecule has 0 fully saturated rings. The first kappa shape index (κ1) is 20.2. The summed E-state index contributed by atoms with van der Waals surface area (Å²) in [5.74, 6) is -0.987. The predicted molar refractivity (Wildman–Crippen MR) is 107 cm³/mol. The summed E-state index contributed by atoms with van der Waals surface area (Å²) in [6, 6.07) is 12.4. The maximum atomic E-state index is 13.7. The molecule has 0 bridgehead atoms. The largest absolute Gasteiger partial charge is 0.497 e. The van der Waals surface area contributed by atoms with E-state index in [2.05, 4.69) is 10.3 Å². The summed E-state index contributed by atoms with van der Waals surface area (Å²) in [6.45, 7) is 0. The van der Waals surface area contributed by atoms with Crippen LogP contribution in [0.2, 0.25) is 0 Å². The highest BCUT2D eigenvalue weighted by molar-refractivity contribution is 7.91. The highest BCUT2D eigenvalue weighted by atomic mass is 32.2. The monoisotopic (exact) mass is 412 g/mol. The zero-order valence-electron chi connectivity index (χ0n) is 15.4. The summed E-state index contributed by atoms with van der Waals surface area (Å²) in [5.41, 5.74) is 1.19. The van der Waals surface area contributed by atoms with E-state index in [1.807, 2.05) is 0 Å². The van der Waals surface area contributed by atoms with Gasteiger partial charge in [-0.25, -0.2) is 12.8 Å². The summed E-state index contributed by atoms with van der Waals surface area (Å²) in [7, 11) is -2.61. The summed E-state index contributed by atoms with van der Waals surface area (Å²) >= 11 is 0. The molecular weight excluding hydrogens is 395 g/mol. The van der Waals surface area contributed by atoms with Gasteiger partial charge in [0, 0.05) is 30.2 Å². The summed E-state index contributed by atoms with van der Waals surface area (Å²) in [6.07, 6.45) is 6.21. The van der Waals surface area contributed by atoms with Crippen LogP contribution in [-0.4, -0.2) is 26.4 Å². The zero-order chi connectivity index (χ0) is 20.9. The number of carbonyl (C=O) groups excluding carboxylic acids is 1. The Labute approximate surface area is 167 Å². The molecule has 0 atom stereocenters. The Morgan fingerprint density at radius 1 is 1.10 bits per heavy atom. The lowest BCUT2D eigenvalue weighted by atomic mass is 10.2. The van der Waals surface area contributed by atoms with E-state index >= 15 is 0 Å². The Hall–Kier alpha value is -3.52. The molecule has 0 radical (unpaired) electrons. The maximum absolute atomic E-state index is 13.7. The second-order valence-corrected chi connectivity index (χ2v) is 7.91. The molecule has 1 N–H and O–H groups in total. The van der Waals surface area contributed by atoms with Gasteiger partial charge >= 0.3 is 0 Å². The van der Waals surface area contributed by atoms with Crippen LogP contribution in [0.5, 0.6) is 5.75 Å². The number of aromatic nitrogens is 1. The number of amides is 1. The molecule has 0 aliphatic carbocycles. The SMILES string of the molecule is COc1cc(F)cc(S(=O)(=O)c2ccc(NC(=O)C=Cc3cccnc3)cc2)c1. The van der Waals surface area contributed by atoms with Crippen molar-refractivity contribution in [1.82, 2.24) is 4.98 Å². The van der Waals surface area contributed by atoms with Crippen LogP contribution in [0.25, 0.3) is 6.08 Å². The lowest BCUT2D eigenvalue weighted by Crippen LogP contribution is -2.08. The first-order valence-electron chi connectivity index (χ1n) is 8.47. The van der Waals surface area contributed by atoms with Gasteiger partial charge in [-0.05, 0) is 54.1 Å². The molecule has 0 aliphatic rings. The number of rotatable bonds is 6. The molecule has 0 saturated carbocycles. The number of methoxy groups -OCH3 is 1. The fourth-order valence-electron chi connectivity index (χ4n) is 2.49. The highest BCUT2D eigenvalue weighted by Crippen LogP contribution is 2.26. The molecule has 6 nitrogen and oxygen atoms in total. The maximum Gasteiger partial charge on any atom is 0.248 e. The minimum atomic E-state index is -3.94. The van der Waals surface area contributed by atoms with E-state index in [1.54, 1.807) is 30.6 Å². The van der Waals surface area contributed by atoms with Gasteiger partial charge < -0.3 is 10.1 Å². The van der Waals surface area contributed by atoms with Crippen LogP contribution >= 0.6 is 0 Å². The number of ether oxygens (including phenoxy) is 1. The molecule has 1 amide bonds. The number of pyridine rings is 1. The molecule has 3 rings (SSSR count). The molecule has 1 aromatic heterocycles. The molecule has 0 spiro atoms. The molecule has 3 aromatic rings. The Kier molecular flexibility index (Phi) is 6.04. The van der Waals surface area contributed by atoms with Crippen molar-refractivity contribution in [2.24, 2.45) is 0 Å². The van der Waals surface area contributed by atoms with Crippen LogP contribution in [0, 0.1) is 5.82 Å². The first-order chi connectivity index (χ1) is 13.9. The molecule has 0 saturated heterocycles. The number of nitrogens with one attached hydrogen (secondary N) is 1. The average Bonchev–Trinajstić information content (AvgIpc) is 2.73. The van der Waals surface area contributed by atoms with E-state index in [0.717, 1.165) is 17.7 Å². The predicted octanol–water partition coefficient (Wildman–Crippen LogP) is 3.71. The summed E-state index contributed by atoms with van der Waals surface area (Å²) in [4.78, 5) is 15.7. The van der Waals surface area contributed by atoms with E-state index in [-0.39, 0.29) is 21.4 Å². The van der Waals surface area contributed by atoms with E-state index in [1.165, 1.54) is 43.5 Å². The number of sulfone groups is 1. The minimum Gasteiger partial charge on any atom is -0.497 e. The van der Waals surface area contributed by atoms with Gasteiger partial charge in [0.05, 0.1) is 16.9 Å². The van der Waals surface area contributed by atoms with Crippen molar-refractivity contribution in [2.45, 2.75) is 9.79 Å². The van der Waals surface area contributed by atoms with Crippen LogP contribution in [0.1, 0.15) is 5.56 Å². The molecule has 29 heavy (non-hydrogen) atoms. The van der Waals surface area contributed by atoms with Crippen molar-refractivity contribution in [3.05, 3.63) is 84.4 Å². The van der Waals surface area contributed by atoms with Crippen LogP contribution in [0.15, 0.2) is 82.9 Å². The van der Waals surface area contributed by atoms with Gasteiger partial charge in [0.2, 0.25) is 15.7 Å². The van der Waals surface area contributed by atoms with Gasteiger partial charge in [0.15, 0.2) is 0 Å². The van der Waals surface area contributed by atoms with Crippen LogP contribution in [0.4, 0.5) is 10.1 Å². The Bertz CT molecular complexity index is 1150.